The number of carbonyl (C=O) groups is 2. The molecule has 84 valence electrons. The van der Waals surface area contributed by atoms with Crippen molar-refractivity contribution >= 4 is 23.4 Å². The lowest BCUT2D eigenvalue weighted by Gasteiger charge is -2.20. The number of carbonyl (C=O) groups excluding carboxylic acids is 2. The molecular weight excluding hydrogens is 214 g/mol. The van der Waals surface area contributed by atoms with Gasteiger partial charge in [-0.25, -0.2) is 0 Å². The van der Waals surface area contributed by atoms with E-state index in [9.17, 15) is 9.59 Å². The minimum atomic E-state index is -0.316. The largest absolute Gasteiger partial charge is 0.282 e. The summed E-state index contributed by atoms with van der Waals surface area (Å²) in [7, 11) is 0. The van der Waals surface area contributed by atoms with Gasteiger partial charge in [-0.1, -0.05) is 12.8 Å². The van der Waals surface area contributed by atoms with Crippen LogP contribution in [0.4, 0.5) is 0 Å². The molecule has 0 N–H and O–H groups in total. The van der Waals surface area contributed by atoms with E-state index in [1.165, 1.54) is 4.90 Å². The maximum Gasteiger partial charge on any atom is 0.235 e. The highest BCUT2D eigenvalue weighted by atomic mass is 35.5. The van der Waals surface area contributed by atoms with E-state index in [2.05, 4.69) is 0 Å². The van der Waals surface area contributed by atoms with Gasteiger partial charge in [-0.2, -0.15) is 0 Å². The van der Waals surface area contributed by atoms with E-state index >= 15 is 0 Å². The van der Waals surface area contributed by atoms with Crippen LogP contribution in [0.3, 0.4) is 0 Å². The van der Waals surface area contributed by atoms with Crippen LogP contribution in [0.1, 0.15) is 38.5 Å². The zero-order chi connectivity index (χ0) is 10.9. The number of likely N-dealkylation sites (tertiary alicyclic amines) is 1. The summed E-state index contributed by atoms with van der Waals surface area (Å²) in [5, 5.41) is 0. The maximum atomic E-state index is 12.1. The van der Waals surface area contributed by atoms with Gasteiger partial charge in [0.15, 0.2) is 0 Å². The van der Waals surface area contributed by atoms with E-state index in [-0.39, 0.29) is 17.2 Å². The maximum absolute atomic E-state index is 12.1. The topological polar surface area (TPSA) is 37.4 Å². The van der Waals surface area contributed by atoms with E-state index in [1.54, 1.807) is 0 Å². The standard InChI is InChI=1S/C11H16ClNO2/c12-6-3-7-13-9(14)8-11(10(13)15)4-1-2-5-11/h1-8H2. The number of amides is 2. The first-order valence-corrected chi connectivity index (χ1v) is 6.14. The SMILES string of the molecule is O=C1CC2(CCCC2)C(=O)N1CCCCl. The highest BCUT2D eigenvalue weighted by molar-refractivity contribution is 6.17. The normalized spacial score (nSPS) is 24.5. The number of rotatable bonds is 3. The third-order valence-electron chi connectivity index (χ3n) is 3.57. The van der Waals surface area contributed by atoms with Crippen LogP contribution in [0, 0.1) is 5.41 Å². The van der Waals surface area contributed by atoms with Crippen LogP contribution >= 0.6 is 11.6 Å². The van der Waals surface area contributed by atoms with Crippen molar-refractivity contribution in [1.29, 1.82) is 0 Å². The third-order valence-corrected chi connectivity index (χ3v) is 3.83. The van der Waals surface area contributed by atoms with E-state index in [4.69, 9.17) is 11.6 Å². The minimum absolute atomic E-state index is 0.00650. The number of alkyl halides is 1. The van der Waals surface area contributed by atoms with Crippen molar-refractivity contribution in [3.63, 3.8) is 0 Å². The van der Waals surface area contributed by atoms with Gasteiger partial charge in [-0.15, -0.1) is 11.6 Å². The highest BCUT2D eigenvalue weighted by Crippen LogP contribution is 2.46. The van der Waals surface area contributed by atoms with Gasteiger partial charge in [0, 0.05) is 18.8 Å². The number of hydrogen-bond donors (Lipinski definition) is 0. The summed E-state index contributed by atoms with van der Waals surface area (Å²) in [6.07, 6.45) is 5.11. The Morgan fingerprint density at radius 3 is 2.53 bits per heavy atom. The molecule has 0 atom stereocenters. The first kappa shape index (κ1) is 10.9. The Labute approximate surface area is 94.8 Å². The van der Waals surface area contributed by atoms with Gasteiger partial charge in [0.05, 0.1) is 5.41 Å². The second kappa shape index (κ2) is 4.12. The molecule has 15 heavy (non-hydrogen) atoms. The Morgan fingerprint density at radius 1 is 1.27 bits per heavy atom. The monoisotopic (exact) mass is 229 g/mol. The number of hydrogen-bond acceptors (Lipinski definition) is 2. The zero-order valence-corrected chi connectivity index (χ0v) is 9.55. The smallest absolute Gasteiger partial charge is 0.235 e. The molecule has 1 spiro atoms. The van der Waals surface area contributed by atoms with E-state index in [0.717, 1.165) is 25.7 Å². The molecule has 1 aliphatic heterocycles. The van der Waals surface area contributed by atoms with Gasteiger partial charge < -0.3 is 0 Å². The number of halogens is 1. The average Bonchev–Trinajstić information content (AvgIpc) is 2.75. The fourth-order valence-corrected chi connectivity index (χ4v) is 2.87. The van der Waals surface area contributed by atoms with Crippen LogP contribution in [0.15, 0.2) is 0 Å². The number of imide groups is 1. The summed E-state index contributed by atoms with van der Waals surface area (Å²) >= 11 is 5.58. The summed E-state index contributed by atoms with van der Waals surface area (Å²) in [5.41, 5.74) is -0.316. The van der Waals surface area contributed by atoms with Crippen molar-refractivity contribution in [2.75, 3.05) is 12.4 Å². The lowest BCUT2D eigenvalue weighted by Crippen LogP contribution is -2.35. The lowest BCUT2D eigenvalue weighted by molar-refractivity contribution is -0.141. The van der Waals surface area contributed by atoms with Crippen molar-refractivity contribution < 1.29 is 9.59 Å². The summed E-state index contributed by atoms with van der Waals surface area (Å²) in [6, 6.07) is 0. The quantitative estimate of drug-likeness (QED) is 0.548. The van der Waals surface area contributed by atoms with E-state index in [1.807, 2.05) is 0 Å². The molecule has 3 nitrogen and oxygen atoms in total. The Balaban J connectivity index is 2.08. The molecule has 0 aromatic rings. The van der Waals surface area contributed by atoms with Crippen molar-refractivity contribution in [2.24, 2.45) is 5.41 Å². The molecule has 0 radical (unpaired) electrons. The van der Waals surface area contributed by atoms with Gasteiger partial charge >= 0.3 is 0 Å². The Morgan fingerprint density at radius 2 is 1.93 bits per heavy atom. The molecule has 1 aliphatic carbocycles. The predicted octanol–water partition coefficient (Wildman–Crippen LogP) is 1.93. The second-order valence-electron chi connectivity index (χ2n) is 4.56. The molecule has 2 amide bonds. The average molecular weight is 230 g/mol. The zero-order valence-electron chi connectivity index (χ0n) is 8.80. The van der Waals surface area contributed by atoms with Crippen molar-refractivity contribution in [3.8, 4) is 0 Å². The molecule has 2 fully saturated rings. The van der Waals surface area contributed by atoms with Gasteiger partial charge in [-0.3, -0.25) is 14.5 Å². The molecule has 1 saturated carbocycles. The minimum Gasteiger partial charge on any atom is -0.282 e. The van der Waals surface area contributed by atoms with Crippen LogP contribution in [-0.2, 0) is 9.59 Å². The molecule has 0 aromatic heterocycles. The van der Waals surface area contributed by atoms with Gasteiger partial charge in [0.1, 0.15) is 0 Å². The van der Waals surface area contributed by atoms with Crippen LogP contribution < -0.4 is 0 Å². The first-order valence-electron chi connectivity index (χ1n) is 5.60. The highest BCUT2D eigenvalue weighted by Gasteiger charge is 2.52. The molecular formula is C11H16ClNO2. The second-order valence-corrected chi connectivity index (χ2v) is 4.94. The van der Waals surface area contributed by atoms with Gasteiger partial charge in [-0.05, 0) is 19.3 Å². The Hall–Kier alpha value is -0.570. The molecule has 2 aliphatic rings. The third kappa shape index (κ3) is 1.78. The molecule has 1 saturated heterocycles. The van der Waals surface area contributed by atoms with E-state index in [0.29, 0.717) is 25.3 Å². The summed E-state index contributed by atoms with van der Waals surface area (Å²) in [4.78, 5) is 25.2. The summed E-state index contributed by atoms with van der Waals surface area (Å²) < 4.78 is 0. The first-order chi connectivity index (χ1) is 7.19. The molecule has 1 heterocycles. The Kier molecular flexibility index (Phi) is 3.01. The summed E-state index contributed by atoms with van der Waals surface area (Å²) in [6.45, 7) is 0.503. The molecule has 0 bridgehead atoms. The fraction of sp³-hybridized carbons (Fsp3) is 0.818. The van der Waals surface area contributed by atoms with Gasteiger partial charge in [0.25, 0.3) is 0 Å². The fourth-order valence-electron chi connectivity index (χ4n) is 2.75. The molecule has 0 aromatic carbocycles. The Bertz CT molecular complexity index is 284. The van der Waals surface area contributed by atoms with Crippen LogP contribution in [0.2, 0.25) is 0 Å². The molecule has 2 rings (SSSR count). The predicted molar refractivity (Wildman–Crippen MR) is 57.6 cm³/mol. The van der Waals surface area contributed by atoms with Crippen LogP contribution in [0.25, 0.3) is 0 Å². The van der Waals surface area contributed by atoms with Crippen LogP contribution in [-0.4, -0.2) is 29.1 Å². The molecule has 0 unspecified atom stereocenters. The number of nitrogens with zero attached hydrogens (tertiary/aromatic N) is 1. The lowest BCUT2D eigenvalue weighted by atomic mass is 9.84. The van der Waals surface area contributed by atoms with E-state index < -0.39 is 0 Å². The van der Waals surface area contributed by atoms with Crippen LogP contribution in [0.5, 0.6) is 0 Å². The summed E-state index contributed by atoms with van der Waals surface area (Å²) in [5.74, 6) is 0.575. The van der Waals surface area contributed by atoms with Gasteiger partial charge in [0.2, 0.25) is 11.8 Å². The molecule has 4 heteroatoms. The van der Waals surface area contributed by atoms with Crippen molar-refractivity contribution in [3.05, 3.63) is 0 Å². The van der Waals surface area contributed by atoms with Crippen molar-refractivity contribution in [1.82, 2.24) is 4.90 Å². The van der Waals surface area contributed by atoms with Crippen molar-refractivity contribution in [2.45, 2.75) is 38.5 Å².